The molecule has 1 unspecified atom stereocenters. The average Bonchev–Trinajstić information content (AvgIpc) is 2.82. The Labute approximate surface area is 151 Å². The summed E-state index contributed by atoms with van der Waals surface area (Å²) in [6, 6.07) is 6.17. The normalized spacial score (nSPS) is 23.5. The summed E-state index contributed by atoms with van der Waals surface area (Å²) in [7, 11) is 0. The maximum atomic E-state index is 5.67. The van der Waals surface area contributed by atoms with Gasteiger partial charge in [0, 0.05) is 16.1 Å². The van der Waals surface area contributed by atoms with Crippen LogP contribution in [-0.4, -0.2) is 25.7 Å². The molecule has 1 aromatic carbocycles. The zero-order chi connectivity index (χ0) is 17.1. The zero-order valence-corrected chi connectivity index (χ0v) is 16.3. The molecule has 130 valence electrons. The molecule has 0 aromatic heterocycles. The first-order chi connectivity index (χ1) is 10.7. The van der Waals surface area contributed by atoms with Crippen molar-refractivity contribution < 1.29 is 0 Å². The monoisotopic (exact) mass is 356 g/mol. The van der Waals surface area contributed by atoms with Crippen LogP contribution >= 0.6 is 23.2 Å². The van der Waals surface area contributed by atoms with Crippen molar-refractivity contribution in [3.8, 4) is 0 Å². The molecule has 2 nitrogen and oxygen atoms in total. The molecule has 1 spiro atoms. The third-order valence-corrected chi connectivity index (χ3v) is 5.49. The van der Waals surface area contributed by atoms with Crippen LogP contribution in [0.1, 0.15) is 45.6 Å². The summed E-state index contributed by atoms with van der Waals surface area (Å²) in [5, 5.41) is 8.60. The lowest BCUT2D eigenvalue weighted by molar-refractivity contribution is 0.101. The number of rotatable bonds is 0. The lowest BCUT2D eigenvalue weighted by Crippen LogP contribution is -2.50. The van der Waals surface area contributed by atoms with Gasteiger partial charge in [-0.05, 0) is 80.4 Å². The van der Waals surface area contributed by atoms with Gasteiger partial charge in [-0.2, -0.15) is 0 Å². The van der Waals surface area contributed by atoms with E-state index >= 15 is 0 Å². The van der Waals surface area contributed by atoms with Gasteiger partial charge in [0.05, 0.1) is 0 Å². The Hall–Kier alpha value is -0.280. The van der Waals surface area contributed by atoms with Crippen LogP contribution in [0.15, 0.2) is 18.2 Å². The minimum atomic E-state index is 0.411. The van der Waals surface area contributed by atoms with Crippen molar-refractivity contribution in [2.24, 2.45) is 10.8 Å². The second-order valence-electron chi connectivity index (χ2n) is 8.06. The molecule has 0 amide bonds. The summed E-state index contributed by atoms with van der Waals surface area (Å²) in [5.74, 6) is 0. The topological polar surface area (TPSA) is 24.1 Å². The first kappa shape index (κ1) is 19.1. The number of halogens is 2. The van der Waals surface area contributed by atoms with Crippen LogP contribution in [0.3, 0.4) is 0 Å². The lowest BCUT2D eigenvalue weighted by atomic mass is 9.65. The smallest absolute Gasteiger partial charge is 0.0423 e. The minimum absolute atomic E-state index is 0.411. The fourth-order valence-electron chi connectivity index (χ4n) is 4.21. The van der Waals surface area contributed by atoms with Gasteiger partial charge in [0.1, 0.15) is 0 Å². The largest absolute Gasteiger partial charge is 0.317 e. The quantitative estimate of drug-likeness (QED) is 0.678. The molecule has 1 aromatic rings. The molecule has 4 heteroatoms. The van der Waals surface area contributed by atoms with Crippen LogP contribution in [0.2, 0.25) is 10.0 Å². The van der Waals surface area contributed by atoms with Crippen LogP contribution in [0.4, 0.5) is 0 Å². The highest BCUT2D eigenvalue weighted by atomic mass is 35.5. The van der Waals surface area contributed by atoms with Gasteiger partial charge in [0.2, 0.25) is 0 Å². The number of hydrogen-bond acceptors (Lipinski definition) is 2. The summed E-state index contributed by atoms with van der Waals surface area (Å²) in [6.45, 7) is 12.7. The Kier molecular flexibility index (Phi) is 6.41. The summed E-state index contributed by atoms with van der Waals surface area (Å²) in [6.07, 6.45) is 4.11. The Balaban J connectivity index is 0.000000185. The number of nitrogens with one attached hydrogen (secondary N) is 2. The van der Waals surface area contributed by atoms with E-state index in [1.807, 2.05) is 19.1 Å². The number of hydrogen-bond donors (Lipinski definition) is 2. The highest BCUT2D eigenvalue weighted by Gasteiger charge is 2.47. The highest BCUT2D eigenvalue weighted by Crippen LogP contribution is 2.46. The number of aryl methyl sites for hydroxylation is 1. The van der Waals surface area contributed by atoms with Gasteiger partial charge < -0.3 is 10.6 Å². The fraction of sp³-hybridized carbons (Fsp3) is 0.684. The summed E-state index contributed by atoms with van der Waals surface area (Å²) >= 11 is 11.3. The molecule has 2 aliphatic heterocycles. The van der Waals surface area contributed by atoms with Gasteiger partial charge >= 0.3 is 0 Å². The zero-order valence-electron chi connectivity index (χ0n) is 14.8. The van der Waals surface area contributed by atoms with Crippen LogP contribution in [0, 0.1) is 17.8 Å². The van der Waals surface area contributed by atoms with Gasteiger partial charge in [-0.15, -0.1) is 0 Å². The molecule has 2 fully saturated rings. The molecule has 2 aliphatic rings. The molecule has 0 bridgehead atoms. The Morgan fingerprint density at radius 3 is 1.96 bits per heavy atom. The number of piperidine rings is 1. The van der Waals surface area contributed by atoms with Crippen molar-refractivity contribution in [3.05, 3.63) is 33.8 Å². The van der Waals surface area contributed by atoms with Gasteiger partial charge in [-0.1, -0.05) is 44.0 Å². The lowest BCUT2D eigenvalue weighted by Gasteiger charge is -2.45. The standard InChI is InChI=1S/C12H24N2.C7H6Cl2/c1-11(2,3)10-12(6-9-14-10)4-7-13-8-5-12;1-5-2-6(8)4-7(9)3-5/h10,13-14H,4-9H2,1-3H3;2-4H,1H3. The van der Waals surface area contributed by atoms with Gasteiger partial charge in [-0.25, -0.2) is 0 Å². The molecule has 2 saturated heterocycles. The van der Waals surface area contributed by atoms with Crippen LogP contribution in [0.25, 0.3) is 0 Å². The molecular weight excluding hydrogens is 327 g/mol. The van der Waals surface area contributed by atoms with Gasteiger partial charge in [0.15, 0.2) is 0 Å². The van der Waals surface area contributed by atoms with Crippen molar-refractivity contribution in [2.45, 2.75) is 53.0 Å². The highest BCUT2D eigenvalue weighted by molar-refractivity contribution is 6.34. The van der Waals surface area contributed by atoms with Crippen molar-refractivity contribution in [1.82, 2.24) is 10.6 Å². The molecule has 0 aliphatic carbocycles. The van der Waals surface area contributed by atoms with E-state index in [0.717, 1.165) is 11.6 Å². The average molecular weight is 357 g/mol. The second kappa shape index (κ2) is 7.74. The molecule has 1 atom stereocenters. The van der Waals surface area contributed by atoms with Crippen LogP contribution in [0.5, 0.6) is 0 Å². The van der Waals surface area contributed by atoms with Gasteiger partial charge in [-0.3, -0.25) is 0 Å². The molecule has 2 N–H and O–H groups in total. The van der Waals surface area contributed by atoms with E-state index in [1.54, 1.807) is 6.07 Å². The van der Waals surface area contributed by atoms with Crippen molar-refractivity contribution >= 4 is 23.2 Å². The minimum Gasteiger partial charge on any atom is -0.317 e. The number of benzene rings is 1. The third kappa shape index (κ3) is 5.09. The van der Waals surface area contributed by atoms with Crippen molar-refractivity contribution in [3.63, 3.8) is 0 Å². The molecule has 2 heterocycles. The van der Waals surface area contributed by atoms with Crippen molar-refractivity contribution in [1.29, 1.82) is 0 Å². The third-order valence-electron chi connectivity index (χ3n) is 5.06. The Bertz CT molecular complexity index is 466. The fourth-order valence-corrected chi connectivity index (χ4v) is 4.84. The van der Waals surface area contributed by atoms with E-state index < -0.39 is 0 Å². The first-order valence-electron chi connectivity index (χ1n) is 8.60. The molecule has 23 heavy (non-hydrogen) atoms. The molecular formula is C19H30Cl2N2. The molecule has 0 radical (unpaired) electrons. The van der Waals surface area contributed by atoms with Crippen molar-refractivity contribution in [2.75, 3.05) is 19.6 Å². The van der Waals surface area contributed by atoms with E-state index in [-0.39, 0.29) is 0 Å². The van der Waals surface area contributed by atoms with E-state index in [1.165, 1.54) is 38.9 Å². The summed E-state index contributed by atoms with van der Waals surface area (Å²) < 4.78 is 0. The van der Waals surface area contributed by atoms with E-state index in [4.69, 9.17) is 23.2 Å². The summed E-state index contributed by atoms with van der Waals surface area (Å²) in [5.41, 5.74) is 2.10. The first-order valence-corrected chi connectivity index (χ1v) is 9.35. The molecule has 0 saturated carbocycles. The van der Waals surface area contributed by atoms with E-state index in [0.29, 0.717) is 20.9 Å². The Morgan fingerprint density at radius 1 is 0.957 bits per heavy atom. The van der Waals surface area contributed by atoms with Gasteiger partial charge in [0.25, 0.3) is 0 Å². The second-order valence-corrected chi connectivity index (χ2v) is 8.94. The summed E-state index contributed by atoms with van der Waals surface area (Å²) in [4.78, 5) is 0. The predicted molar refractivity (Wildman–Crippen MR) is 102 cm³/mol. The SMILES string of the molecule is CC(C)(C)C1NCCC12CCNCC2.Cc1cc(Cl)cc(Cl)c1. The van der Waals surface area contributed by atoms with Crippen LogP contribution < -0.4 is 10.6 Å². The van der Waals surface area contributed by atoms with Crippen LogP contribution in [-0.2, 0) is 0 Å². The van der Waals surface area contributed by atoms with E-state index in [9.17, 15) is 0 Å². The van der Waals surface area contributed by atoms with E-state index in [2.05, 4.69) is 31.4 Å². The predicted octanol–water partition coefficient (Wildman–Crippen LogP) is 5.07. The maximum absolute atomic E-state index is 5.67. The Morgan fingerprint density at radius 2 is 1.48 bits per heavy atom. The maximum Gasteiger partial charge on any atom is 0.0423 e. The molecule has 3 rings (SSSR count).